The van der Waals surface area contributed by atoms with Gasteiger partial charge < -0.3 is 11.1 Å². The van der Waals surface area contributed by atoms with Gasteiger partial charge in [-0.3, -0.25) is 9.69 Å². The minimum atomic E-state index is -0.243. The molecule has 1 aromatic carbocycles. The maximum Gasteiger partial charge on any atom is 0.224 e. The first kappa shape index (κ1) is 14.5. The molecule has 0 saturated carbocycles. The summed E-state index contributed by atoms with van der Waals surface area (Å²) >= 11 is 0. The van der Waals surface area contributed by atoms with Gasteiger partial charge in [-0.05, 0) is 44.0 Å². The summed E-state index contributed by atoms with van der Waals surface area (Å²) in [5.41, 5.74) is 7.09. The van der Waals surface area contributed by atoms with Crippen LogP contribution in [0.3, 0.4) is 0 Å². The van der Waals surface area contributed by atoms with Crippen LogP contribution in [0.1, 0.15) is 31.4 Å². The fraction of sp³-hybridized carbons (Fsp3) is 0.562. The SMILES string of the molecule is CC(N)C(c1cccc(F)c1)N1CCCC2C(=O)NCC21. The van der Waals surface area contributed by atoms with Crippen LogP contribution in [0.2, 0.25) is 0 Å². The Bertz CT molecular complexity index is 534. The Morgan fingerprint density at radius 3 is 3.00 bits per heavy atom. The second-order valence-electron chi connectivity index (χ2n) is 6.16. The van der Waals surface area contributed by atoms with Gasteiger partial charge in [-0.1, -0.05) is 12.1 Å². The minimum Gasteiger partial charge on any atom is -0.354 e. The number of carbonyl (C=O) groups is 1. The molecule has 21 heavy (non-hydrogen) atoms. The van der Waals surface area contributed by atoms with Crippen LogP contribution < -0.4 is 11.1 Å². The van der Waals surface area contributed by atoms with Crippen molar-refractivity contribution in [3.05, 3.63) is 35.6 Å². The molecule has 0 spiro atoms. The van der Waals surface area contributed by atoms with Gasteiger partial charge in [0.25, 0.3) is 0 Å². The molecule has 1 amide bonds. The van der Waals surface area contributed by atoms with Gasteiger partial charge in [0.15, 0.2) is 0 Å². The van der Waals surface area contributed by atoms with E-state index in [0.717, 1.165) is 24.9 Å². The van der Waals surface area contributed by atoms with E-state index in [1.54, 1.807) is 12.1 Å². The lowest BCUT2D eigenvalue weighted by molar-refractivity contribution is -0.124. The largest absolute Gasteiger partial charge is 0.354 e. The van der Waals surface area contributed by atoms with Crippen molar-refractivity contribution in [2.24, 2.45) is 11.7 Å². The molecule has 3 N–H and O–H groups in total. The maximum absolute atomic E-state index is 13.6. The van der Waals surface area contributed by atoms with Gasteiger partial charge in [0.2, 0.25) is 5.91 Å². The molecular weight excluding hydrogens is 269 g/mol. The van der Waals surface area contributed by atoms with E-state index in [-0.39, 0.29) is 35.8 Å². The van der Waals surface area contributed by atoms with E-state index in [1.807, 2.05) is 13.0 Å². The first-order chi connectivity index (χ1) is 10.1. The highest BCUT2D eigenvalue weighted by Crippen LogP contribution is 2.35. The van der Waals surface area contributed by atoms with Gasteiger partial charge in [0, 0.05) is 18.6 Å². The van der Waals surface area contributed by atoms with Crippen LogP contribution >= 0.6 is 0 Å². The summed E-state index contributed by atoms with van der Waals surface area (Å²) in [5, 5.41) is 2.95. The number of nitrogens with zero attached hydrogens (tertiary/aromatic N) is 1. The first-order valence-electron chi connectivity index (χ1n) is 7.62. The summed E-state index contributed by atoms with van der Waals surface area (Å²) in [4.78, 5) is 14.2. The number of likely N-dealkylation sites (tertiary alicyclic amines) is 1. The van der Waals surface area contributed by atoms with Crippen molar-refractivity contribution < 1.29 is 9.18 Å². The van der Waals surface area contributed by atoms with Gasteiger partial charge in [-0.2, -0.15) is 0 Å². The normalized spacial score (nSPS) is 28.8. The molecule has 2 fully saturated rings. The van der Waals surface area contributed by atoms with Crippen LogP contribution in [0.4, 0.5) is 4.39 Å². The molecule has 0 radical (unpaired) electrons. The Morgan fingerprint density at radius 1 is 1.48 bits per heavy atom. The molecule has 2 aliphatic heterocycles. The molecule has 4 atom stereocenters. The molecule has 0 aromatic heterocycles. The van der Waals surface area contributed by atoms with E-state index >= 15 is 0 Å². The number of halogens is 1. The third-order valence-corrected chi connectivity index (χ3v) is 4.69. The predicted molar refractivity (Wildman–Crippen MR) is 79.0 cm³/mol. The molecule has 0 bridgehead atoms. The topological polar surface area (TPSA) is 58.4 Å². The van der Waals surface area contributed by atoms with Crippen LogP contribution in [0.5, 0.6) is 0 Å². The number of hydrogen-bond donors (Lipinski definition) is 2. The van der Waals surface area contributed by atoms with Gasteiger partial charge in [-0.15, -0.1) is 0 Å². The Hall–Kier alpha value is -1.46. The number of nitrogens with two attached hydrogens (primary N) is 1. The van der Waals surface area contributed by atoms with E-state index in [2.05, 4.69) is 10.2 Å². The number of amides is 1. The van der Waals surface area contributed by atoms with Crippen molar-refractivity contribution >= 4 is 5.91 Å². The second kappa shape index (κ2) is 5.73. The number of piperidine rings is 1. The van der Waals surface area contributed by atoms with Crippen molar-refractivity contribution in [2.75, 3.05) is 13.1 Å². The third kappa shape index (κ3) is 2.68. The van der Waals surface area contributed by atoms with Crippen LogP contribution in [0.15, 0.2) is 24.3 Å². The summed E-state index contributed by atoms with van der Waals surface area (Å²) in [6.45, 7) is 3.52. The molecule has 2 aliphatic rings. The van der Waals surface area contributed by atoms with E-state index in [4.69, 9.17) is 5.73 Å². The number of nitrogens with one attached hydrogen (secondary N) is 1. The van der Waals surface area contributed by atoms with Crippen molar-refractivity contribution in [2.45, 2.75) is 37.9 Å². The van der Waals surface area contributed by atoms with Gasteiger partial charge in [0.1, 0.15) is 5.82 Å². The minimum absolute atomic E-state index is 0.0496. The smallest absolute Gasteiger partial charge is 0.224 e. The zero-order chi connectivity index (χ0) is 15.0. The lowest BCUT2D eigenvalue weighted by atomic mass is 9.87. The number of carbonyl (C=O) groups excluding carboxylic acids is 1. The predicted octanol–water partition coefficient (Wildman–Crippen LogP) is 1.42. The fourth-order valence-corrected chi connectivity index (χ4v) is 3.82. The zero-order valence-corrected chi connectivity index (χ0v) is 12.3. The van der Waals surface area contributed by atoms with E-state index in [1.165, 1.54) is 6.07 Å². The Morgan fingerprint density at radius 2 is 2.29 bits per heavy atom. The number of fused-ring (bicyclic) bond motifs is 1. The number of rotatable bonds is 3. The molecule has 2 heterocycles. The van der Waals surface area contributed by atoms with Gasteiger partial charge in [-0.25, -0.2) is 4.39 Å². The number of benzene rings is 1. The van der Waals surface area contributed by atoms with Gasteiger partial charge in [0.05, 0.1) is 12.0 Å². The summed E-state index contributed by atoms with van der Waals surface area (Å²) < 4.78 is 13.6. The fourth-order valence-electron chi connectivity index (χ4n) is 3.82. The summed E-state index contributed by atoms with van der Waals surface area (Å²) in [7, 11) is 0. The maximum atomic E-state index is 13.6. The Labute approximate surface area is 124 Å². The average molecular weight is 291 g/mol. The number of hydrogen-bond acceptors (Lipinski definition) is 3. The molecule has 114 valence electrons. The van der Waals surface area contributed by atoms with Crippen LogP contribution in [-0.4, -0.2) is 36.0 Å². The average Bonchev–Trinajstić information content (AvgIpc) is 2.82. The first-order valence-corrected chi connectivity index (χ1v) is 7.62. The van der Waals surface area contributed by atoms with Gasteiger partial charge >= 0.3 is 0 Å². The summed E-state index contributed by atoms with van der Waals surface area (Å²) in [5.74, 6) is -0.0479. The summed E-state index contributed by atoms with van der Waals surface area (Å²) in [6.07, 6.45) is 1.91. The van der Waals surface area contributed by atoms with Crippen molar-refractivity contribution in [1.82, 2.24) is 10.2 Å². The highest BCUT2D eigenvalue weighted by atomic mass is 19.1. The molecule has 3 rings (SSSR count). The lowest BCUT2D eigenvalue weighted by Gasteiger charge is -2.43. The lowest BCUT2D eigenvalue weighted by Crippen LogP contribution is -2.51. The van der Waals surface area contributed by atoms with Crippen molar-refractivity contribution in [3.63, 3.8) is 0 Å². The monoisotopic (exact) mass is 291 g/mol. The highest BCUT2D eigenvalue weighted by Gasteiger charge is 2.44. The van der Waals surface area contributed by atoms with Crippen molar-refractivity contribution in [3.8, 4) is 0 Å². The Balaban J connectivity index is 1.92. The third-order valence-electron chi connectivity index (χ3n) is 4.69. The van der Waals surface area contributed by atoms with Crippen LogP contribution in [-0.2, 0) is 4.79 Å². The second-order valence-corrected chi connectivity index (χ2v) is 6.16. The molecular formula is C16H22FN3O. The molecule has 1 aromatic rings. The van der Waals surface area contributed by atoms with Crippen LogP contribution in [0, 0.1) is 11.7 Å². The van der Waals surface area contributed by atoms with Crippen molar-refractivity contribution in [1.29, 1.82) is 0 Å². The quantitative estimate of drug-likeness (QED) is 0.885. The zero-order valence-electron chi connectivity index (χ0n) is 12.3. The highest BCUT2D eigenvalue weighted by molar-refractivity contribution is 5.82. The van der Waals surface area contributed by atoms with Crippen LogP contribution in [0.25, 0.3) is 0 Å². The molecule has 4 nitrogen and oxygen atoms in total. The molecule has 2 saturated heterocycles. The summed E-state index contributed by atoms with van der Waals surface area (Å²) in [6, 6.07) is 6.64. The van der Waals surface area contributed by atoms with E-state index in [9.17, 15) is 9.18 Å². The van der Waals surface area contributed by atoms with E-state index in [0.29, 0.717) is 6.54 Å². The molecule has 0 aliphatic carbocycles. The molecule has 4 unspecified atom stereocenters. The van der Waals surface area contributed by atoms with E-state index < -0.39 is 0 Å². The Kier molecular flexibility index (Phi) is 3.95. The molecule has 5 heteroatoms. The standard InChI is InChI=1S/C16H22FN3O/c1-10(18)15(11-4-2-5-12(17)8-11)20-7-3-6-13-14(20)9-19-16(13)21/h2,4-5,8,10,13-15H,3,6-7,9,18H2,1H3,(H,19,21).